The molecule has 0 aromatic rings. The third-order valence-corrected chi connectivity index (χ3v) is 4.72. The second-order valence-corrected chi connectivity index (χ2v) is 5.45. The minimum absolute atomic E-state index is 0. The number of nitrogens with one attached hydrogen (secondary N) is 1. The lowest BCUT2D eigenvalue weighted by atomic mass is 10.0. The number of carbonyl (C=O) groups excluding carboxylic acids is 1. The zero-order valence-electron chi connectivity index (χ0n) is 9.52. The number of carbonyl (C=O) groups is 1. The van der Waals surface area contributed by atoms with Crippen LogP contribution in [0.3, 0.4) is 0 Å². The molecule has 16 heavy (non-hydrogen) atoms. The van der Waals surface area contributed by atoms with E-state index in [1.54, 1.807) is 0 Å². The minimum Gasteiger partial charge on any atom is -0.356 e. The Morgan fingerprint density at radius 1 is 1.25 bits per heavy atom. The van der Waals surface area contributed by atoms with Crippen molar-refractivity contribution in [1.29, 1.82) is 0 Å². The number of rotatable bonds is 4. The van der Waals surface area contributed by atoms with E-state index < -0.39 is 0 Å². The van der Waals surface area contributed by atoms with Gasteiger partial charge in [-0.25, -0.2) is 0 Å². The molecule has 4 unspecified atom stereocenters. The van der Waals surface area contributed by atoms with Crippen molar-refractivity contribution in [2.75, 3.05) is 13.1 Å². The van der Waals surface area contributed by atoms with Gasteiger partial charge in [0.2, 0.25) is 5.91 Å². The second kappa shape index (κ2) is 4.53. The molecular weight excluding hydrogens is 224 g/mol. The molecule has 2 bridgehead atoms. The standard InChI is InChI=1S/C12H20N2O.ClH/c13-4-1-5-14-12(15)11-9-7-2-3-8(6-7)10(9)11;/h7-11H,1-6,13H2,(H,14,15);1H. The molecule has 3 rings (SSSR count). The van der Waals surface area contributed by atoms with Crippen LogP contribution in [-0.4, -0.2) is 19.0 Å². The third kappa shape index (κ3) is 1.74. The van der Waals surface area contributed by atoms with Crippen LogP contribution in [0.15, 0.2) is 0 Å². The molecule has 3 aliphatic carbocycles. The maximum Gasteiger partial charge on any atom is 0.223 e. The maximum atomic E-state index is 11.9. The molecule has 92 valence electrons. The molecular formula is C12H21ClN2O. The lowest BCUT2D eigenvalue weighted by Gasteiger charge is -2.08. The number of nitrogens with two attached hydrogens (primary N) is 1. The molecule has 0 heterocycles. The van der Waals surface area contributed by atoms with Gasteiger partial charge in [0.1, 0.15) is 0 Å². The highest BCUT2D eigenvalue weighted by Crippen LogP contribution is 2.69. The first-order valence-electron chi connectivity index (χ1n) is 6.30. The predicted molar refractivity (Wildman–Crippen MR) is 65.2 cm³/mol. The monoisotopic (exact) mass is 244 g/mol. The summed E-state index contributed by atoms with van der Waals surface area (Å²) in [6.45, 7) is 1.43. The molecule has 0 aliphatic heterocycles. The van der Waals surface area contributed by atoms with Crippen LogP contribution < -0.4 is 11.1 Å². The molecule has 4 heteroatoms. The van der Waals surface area contributed by atoms with E-state index in [9.17, 15) is 4.79 Å². The normalized spacial score (nSPS) is 42.4. The topological polar surface area (TPSA) is 55.1 Å². The zero-order valence-corrected chi connectivity index (χ0v) is 10.3. The van der Waals surface area contributed by atoms with Crippen LogP contribution in [0.5, 0.6) is 0 Å². The largest absolute Gasteiger partial charge is 0.356 e. The molecule has 0 spiro atoms. The molecule has 3 nitrogen and oxygen atoms in total. The van der Waals surface area contributed by atoms with Crippen molar-refractivity contribution in [2.24, 2.45) is 35.3 Å². The van der Waals surface area contributed by atoms with E-state index in [4.69, 9.17) is 5.73 Å². The fourth-order valence-electron chi connectivity index (χ4n) is 4.11. The summed E-state index contributed by atoms with van der Waals surface area (Å²) in [5, 5.41) is 3.02. The quantitative estimate of drug-likeness (QED) is 0.730. The minimum atomic E-state index is 0. The highest BCUT2D eigenvalue weighted by atomic mass is 35.5. The Labute approximate surface area is 103 Å². The first kappa shape index (κ1) is 12.2. The molecule has 3 aliphatic rings. The number of hydrogen-bond donors (Lipinski definition) is 2. The van der Waals surface area contributed by atoms with Crippen LogP contribution >= 0.6 is 12.4 Å². The average Bonchev–Trinajstić information content (AvgIpc) is 2.68. The van der Waals surface area contributed by atoms with Crippen molar-refractivity contribution in [3.8, 4) is 0 Å². The summed E-state index contributed by atoms with van der Waals surface area (Å²) >= 11 is 0. The fraction of sp³-hybridized carbons (Fsp3) is 0.917. The first-order valence-corrected chi connectivity index (χ1v) is 6.30. The van der Waals surface area contributed by atoms with E-state index in [1.165, 1.54) is 19.3 Å². The van der Waals surface area contributed by atoms with Gasteiger partial charge in [0.15, 0.2) is 0 Å². The van der Waals surface area contributed by atoms with E-state index in [0.717, 1.165) is 36.6 Å². The van der Waals surface area contributed by atoms with Crippen molar-refractivity contribution in [3.63, 3.8) is 0 Å². The smallest absolute Gasteiger partial charge is 0.223 e. The third-order valence-electron chi connectivity index (χ3n) is 4.72. The zero-order chi connectivity index (χ0) is 10.4. The number of hydrogen-bond acceptors (Lipinski definition) is 2. The SMILES string of the molecule is Cl.NCCCNC(=O)C1C2C3CCC(C3)C12. The Kier molecular flexibility index (Phi) is 3.45. The van der Waals surface area contributed by atoms with Crippen LogP contribution in [0.2, 0.25) is 0 Å². The average molecular weight is 245 g/mol. The van der Waals surface area contributed by atoms with Gasteiger partial charge in [-0.05, 0) is 55.9 Å². The van der Waals surface area contributed by atoms with E-state index in [1.807, 2.05) is 0 Å². The molecule has 0 saturated heterocycles. The molecule has 4 atom stereocenters. The molecule has 0 radical (unpaired) electrons. The van der Waals surface area contributed by atoms with Gasteiger partial charge >= 0.3 is 0 Å². The van der Waals surface area contributed by atoms with Gasteiger partial charge in [0.25, 0.3) is 0 Å². The van der Waals surface area contributed by atoms with Gasteiger partial charge < -0.3 is 11.1 Å². The van der Waals surface area contributed by atoms with Gasteiger partial charge in [-0.3, -0.25) is 4.79 Å². The molecule has 0 aromatic carbocycles. The Balaban J connectivity index is 0.000000963. The predicted octanol–water partition coefficient (Wildman–Crippen LogP) is 1.17. The summed E-state index contributed by atoms with van der Waals surface area (Å²) in [6, 6.07) is 0. The lowest BCUT2D eigenvalue weighted by Crippen LogP contribution is -2.29. The van der Waals surface area contributed by atoms with Crippen LogP contribution in [0.25, 0.3) is 0 Å². The van der Waals surface area contributed by atoms with Crippen LogP contribution in [0, 0.1) is 29.6 Å². The van der Waals surface area contributed by atoms with Crippen molar-refractivity contribution in [1.82, 2.24) is 5.32 Å². The number of amides is 1. The molecule has 0 aromatic heterocycles. The second-order valence-electron chi connectivity index (χ2n) is 5.45. The van der Waals surface area contributed by atoms with Gasteiger partial charge in [-0.1, -0.05) is 0 Å². The van der Waals surface area contributed by atoms with Crippen LogP contribution in [0.1, 0.15) is 25.7 Å². The molecule has 3 fully saturated rings. The number of fused-ring (bicyclic) bond motifs is 5. The summed E-state index contributed by atoms with van der Waals surface area (Å²) in [5.41, 5.74) is 5.40. The Morgan fingerprint density at radius 2 is 1.88 bits per heavy atom. The van der Waals surface area contributed by atoms with Gasteiger partial charge in [-0.15, -0.1) is 12.4 Å². The van der Waals surface area contributed by atoms with Crippen molar-refractivity contribution in [2.45, 2.75) is 25.7 Å². The van der Waals surface area contributed by atoms with Crippen molar-refractivity contribution >= 4 is 18.3 Å². The molecule has 1 amide bonds. The summed E-state index contributed by atoms with van der Waals surface area (Å²) in [5.74, 6) is 4.02. The Bertz CT molecular complexity index is 268. The fourth-order valence-corrected chi connectivity index (χ4v) is 4.11. The van der Waals surface area contributed by atoms with Crippen LogP contribution in [0.4, 0.5) is 0 Å². The van der Waals surface area contributed by atoms with Crippen molar-refractivity contribution in [3.05, 3.63) is 0 Å². The van der Waals surface area contributed by atoms with Crippen molar-refractivity contribution < 1.29 is 4.79 Å². The first-order chi connectivity index (χ1) is 7.33. The van der Waals surface area contributed by atoms with Gasteiger partial charge in [0.05, 0.1) is 0 Å². The van der Waals surface area contributed by atoms with E-state index >= 15 is 0 Å². The van der Waals surface area contributed by atoms with Gasteiger partial charge in [0, 0.05) is 12.5 Å². The van der Waals surface area contributed by atoms with Gasteiger partial charge in [-0.2, -0.15) is 0 Å². The van der Waals surface area contributed by atoms with E-state index in [-0.39, 0.29) is 12.4 Å². The Morgan fingerprint density at radius 3 is 2.44 bits per heavy atom. The Hall–Kier alpha value is -0.280. The molecule has 3 saturated carbocycles. The van der Waals surface area contributed by atoms with Crippen LogP contribution in [-0.2, 0) is 4.79 Å². The summed E-state index contributed by atoms with van der Waals surface area (Å²) in [4.78, 5) is 11.9. The highest BCUT2D eigenvalue weighted by molar-refractivity contribution is 5.85. The summed E-state index contributed by atoms with van der Waals surface area (Å²) in [6.07, 6.45) is 5.10. The lowest BCUT2D eigenvalue weighted by molar-refractivity contribution is -0.123. The van der Waals surface area contributed by atoms with E-state index in [0.29, 0.717) is 18.4 Å². The highest BCUT2D eigenvalue weighted by Gasteiger charge is 2.67. The molecule has 3 N–H and O–H groups in total. The maximum absolute atomic E-state index is 11.9. The number of halogens is 1. The summed E-state index contributed by atoms with van der Waals surface area (Å²) < 4.78 is 0. The summed E-state index contributed by atoms with van der Waals surface area (Å²) in [7, 11) is 0. The van der Waals surface area contributed by atoms with E-state index in [2.05, 4.69) is 5.32 Å².